The molecule has 0 unspecified atom stereocenters. The number of nitrogen functional groups attached to an aromatic ring is 2. The van der Waals surface area contributed by atoms with E-state index in [2.05, 4.69) is 0 Å². The summed E-state index contributed by atoms with van der Waals surface area (Å²) in [6, 6.07) is 10.2. The van der Waals surface area contributed by atoms with Gasteiger partial charge in [0.05, 0.1) is 30.4 Å². The summed E-state index contributed by atoms with van der Waals surface area (Å²) < 4.78 is 72.7. The standard InChI is InChI=1S/C18H24N2O8S2/c19-14-5-3-13(4-6-14)15-7-8-16(20)18(28-10-2-12-30(24,25)26)17(15)27-9-1-11-29(21,22)23/h3-8H,1-2,9-12,19-20H2,(H,21,22,23)(H,24,25,26). The molecule has 0 aliphatic carbocycles. The third-order valence-corrected chi connectivity index (χ3v) is 5.56. The first-order chi connectivity index (χ1) is 14.0. The van der Waals surface area contributed by atoms with E-state index in [1.165, 1.54) is 0 Å². The second-order valence-electron chi connectivity index (χ2n) is 6.46. The number of benzene rings is 2. The lowest BCUT2D eigenvalue weighted by Gasteiger charge is -2.18. The molecule has 0 bridgehead atoms. The Kier molecular flexibility index (Phi) is 7.89. The second-order valence-corrected chi connectivity index (χ2v) is 9.60. The molecule has 2 aromatic carbocycles. The molecular formula is C18H24N2O8S2. The number of nitrogens with two attached hydrogens (primary N) is 2. The molecule has 0 aliphatic heterocycles. The average Bonchev–Trinajstić information content (AvgIpc) is 2.63. The molecule has 0 amide bonds. The van der Waals surface area contributed by atoms with Crippen molar-refractivity contribution in [1.82, 2.24) is 0 Å². The predicted octanol–water partition coefficient (Wildman–Crippen LogP) is 1.83. The molecule has 0 aliphatic rings. The van der Waals surface area contributed by atoms with Gasteiger partial charge in [-0.2, -0.15) is 16.8 Å². The van der Waals surface area contributed by atoms with Crippen LogP contribution in [0.1, 0.15) is 12.8 Å². The van der Waals surface area contributed by atoms with Crippen molar-refractivity contribution in [3.63, 3.8) is 0 Å². The normalized spacial score (nSPS) is 11.9. The molecule has 0 saturated carbocycles. The van der Waals surface area contributed by atoms with Crippen molar-refractivity contribution in [3.05, 3.63) is 36.4 Å². The van der Waals surface area contributed by atoms with Crippen molar-refractivity contribution >= 4 is 31.6 Å². The van der Waals surface area contributed by atoms with Crippen LogP contribution in [-0.4, -0.2) is 50.7 Å². The lowest BCUT2D eigenvalue weighted by atomic mass is 10.0. The van der Waals surface area contributed by atoms with Gasteiger partial charge in [0.25, 0.3) is 20.2 Å². The van der Waals surface area contributed by atoms with Crippen molar-refractivity contribution in [1.29, 1.82) is 0 Å². The molecule has 2 aromatic rings. The fraction of sp³-hybridized carbons (Fsp3) is 0.333. The Balaban J connectivity index is 2.30. The van der Waals surface area contributed by atoms with E-state index < -0.39 is 31.7 Å². The predicted molar refractivity (Wildman–Crippen MR) is 114 cm³/mol. The first-order valence-corrected chi connectivity index (χ1v) is 12.1. The summed E-state index contributed by atoms with van der Waals surface area (Å²) in [5.74, 6) is -0.555. The average molecular weight is 461 g/mol. The molecule has 10 nitrogen and oxygen atoms in total. The highest BCUT2D eigenvalue weighted by molar-refractivity contribution is 7.86. The Hall–Kier alpha value is -2.54. The van der Waals surface area contributed by atoms with Gasteiger partial charge in [0.1, 0.15) is 0 Å². The molecule has 30 heavy (non-hydrogen) atoms. The van der Waals surface area contributed by atoms with Gasteiger partial charge in [0.15, 0.2) is 11.5 Å². The number of anilines is 2. The van der Waals surface area contributed by atoms with Gasteiger partial charge in [0, 0.05) is 11.3 Å². The molecule has 0 heterocycles. The molecule has 2 rings (SSSR count). The van der Waals surface area contributed by atoms with E-state index in [0.717, 1.165) is 5.56 Å². The highest BCUT2D eigenvalue weighted by Crippen LogP contribution is 2.42. The summed E-state index contributed by atoms with van der Waals surface area (Å²) in [5.41, 5.74) is 13.9. The molecule has 0 saturated heterocycles. The van der Waals surface area contributed by atoms with Gasteiger partial charge in [-0.05, 0) is 42.7 Å². The molecule has 0 fully saturated rings. The Morgan fingerprint density at radius 1 is 0.733 bits per heavy atom. The van der Waals surface area contributed by atoms with Crippen molar-refractivity contribution in [3.8, 4) is 22.6 Å². The SMILES string of the molecule is Nc1ccc(-c2ccc(N)c(OCCCS(=O)(=O)O)c2OCCCS(=O)(=O)O)cc1. The lowest BCUT2D eigenvalue weighted by molar-refractivity contribution is 0.270. The summed E-state index contributed by atoms with van der Waals surface area (Å²) >= 11 is 0. The molecule has 0 aromatic heterocycles. The zero-order valence-corrected chi connectivity index (χ0v) is 17.7. The Bertz CT molecular complexity index is 1070. The van der Waals surface area contributed by atoms with E-state index in [0.29, 0.717) is 11.3 Å². The van der Waals surface area contributed by atoms with Gasteiger partial charge in [-0.1, -0.05) is 12.1 Å². The maximum absolute atomic E-state index is 10.9. The minimum absolute atomic E-state index is 0.0204. The van der Waals surface area contributed by atoms with E-state index >= 15 is 0 Å². The van der Waals surface area contributed by atoms with Gasteiger partial charge >= 0.3 is 0 Å². The van der Waals surface area contributed by atoms with E-state index in [9.17, 15) is 16.8 Å². The van der Waals surface area contributed by atoms with Gasteiger partial charge in [-0.15, -0.1) is 0 Å². The molecule has 0 atom stereocenters. The molecule has 12 heteroatoms. The molecule has 6 N–H and O–H groups in total. The van der Waals surface area contributed by atoms with Crippen LogP contribution in [0.4, 0.5) is 11.4 Å². The Morgan fingerprint density at radius 2 is 1.23 bits per heavy atom. The Morgan fingerprint density at radius 3 is 1.73 bits per heavy atom. The molecular weight excluding hydrogens is 436 g/mol. The smallest absolute Gasteiger partial charge is 0.264 e. The van der Waals surface area contributed by atoms with E-state index in [4.69, 9.17) is 30.0 Å². The molecule has 0 radical (unpaired) electrons. The second kappa shape index (κ2) is 9.98. The summed E-state index contributed by atoms with van der Waals surface area (Å²) in [7, 11) is -8.25. The van der Waals surface area contributed by atoms with Crippen LogP contribution in [0.15, 0.2) is 36.4 Å². The number of ether oxygens (including phenoxy) is 2. The summed E-state index contributed by atoms with van der Waals surface area (Å²) in [5, 5.41) is 0. The van der Waals surface area contributed by atoms with E-state index in [1.54, 1.807) is 36.4 Å². The first kappa shape index (κ1) is 23.7. The fourth-order valence-corrected chi connectivity index (χ4v) is 3.56. The van der Waals surface area contributed by atoms with Crippen molar-refractivity contribution in [2.45, 2.75) is 12.8 Å². The first-order valence-electron chi connectivity index (χ1n) is 8.90. The van der Waals surface area contributed by atoms with Crippen LogP contribution in [0.5, 0.6) is 11.5 Å². The summed E-state index contributed by atoms with van der Waals surface area (Å²) in [6.07, 6.45) is 0.0452. The third-order valence-electron chi connectivity index (χ3n) is 3.95. The van der Waals surface area contributed by atoms with Gasteiger partial charge in [0.2, 0.25) is 0 Å². The maximum Gasteiger partial charge on any atom is 0.264 e. The van der Waals surface area contributed by atoms with Crippen molar-refractivity contribution in [2.24, 2.45) is 0 Å². The quantitative estimate of drug-likeness (QED) is 0.219. The summed E-state index contributed by atoms with van der Waals surface area (Å²) in [4.78, 5) is 0. The zero-order chi connectivity index (χ0) is 22.4. The largest absolute Gasteiger partial charge is 0.489 e. The highest BCUT2D eigenvalue weighted by Gasteiger charge is 2.18. The zero-order valence-electron chi connectivity index (χ0n) is 16.0. The van der Waals surface area contributed by atoms with E-state index in [1.807, 2.05) is 0 Å². The number of hydrogen-bond donors (Lipinski definition) is 4. The molecule has 0 spiro atoms. The van der Waals surface area contributed by atoms with Crippen LogP contribution < -0.4 is 20.9 Å². The Labute approximate surface area is 175 Å². The monoisotopic (exact) mass is 460 g/mol. The van der Waals surface area contributed by atoms with Crippen LogP contribution in [0.2, 0.25) is 0 Å². The van der Waals surface area contributed by atoms with Crippen LogP contribution in [0.25, 0.3) is 11.1 Å². The van der Waals surface area contributed by atoms with Gasteiger partial charge < -0.3 is 20.9 Å². The van der Waals surface area contributed by atoms with E-state index in [-0.39, 0.29) is 43.2 Å². The van der Waals surface area contributed by atoms with Gasteiger partial charge in [-0.3, -0.25) is 9.11 Å². The minimum Gasteiger partial charge on any atom is -0.489 e. The van der Waals surface area contributed by atoms with Crippen molar-refractivity contribution in [2.75, 3.05) is 36.2 Å². The lowest BCUT2D eigenvalue weighted by Crippen LogP contribution is -2.12. The van der Waals surface area contributed by atoms with Crippen LogP contribution in [0.3, 0.4) is 0 Å². The van der Waals surface area contributed by atoms with Crippen molar-refractivity contribution < 1.29 is 35.4 Å². The van der Waals surface area contributed by atoms with Crippen LogP contribution in [0, 0.1) is 0 Å². The summed E-state index contributed by atoms with van der Waals surface area (Å²) in [6.45, 7) is -0.108. The topological polar surface area (TPSA) is 179 Å². The molecule has 166 valence electrons. The number of hydrogen-bond acceptors (Lipinski definition) is 8. The maximum atomic E-state index is 10.9. The van der Waals surface area contributed by atoms with Gasteiger partial charge in [-0.25, -0.2) is 0 Å². The van der Waals surface area contributed by atoms with Crippen LogP contribution in [-0.2, 0) is 20.2 Å². The van der Waals surface area contributed by atoms with Crippen LogP contribution >= 0.6 is 0 Å². The fourth-order valence-electron chi connectivity index (χ4n) is 2.59. The minimum atomic E-state index is -4.13. The number of rotatable bonds is 11. The highest BCUT2D eigenvalue weighted by atomic mass is 32.2. The third kappa shape index (κ3) is 7.71.